The van der Waals surface area contributed by atoms with Gasteiger partial charge >= 0.3 is 0 Å². The molecular weight excluding hydrogens is 364 g/mol. The minimum absolute atomic E-state index is 0.0346. The predicted octanol–water partition coefficient (Wildman–Crippen LogP) is 1.41. The van der Waals surface area contributed by atoms with Gasteiger partial charge in [0.2, 0.25) is 11.8 Å². The summed E-state index contributed by atoms with van der Waals surface area (Å²) in [5.74, 6) is -1.41. The second-order valence-corrected chi connectivity index (χ2v) is 8.14. The number of benzene rings is 2. The summed E-state index contributed by atoms with van der Waals surface area (Å²) in [6, 6.07) is 17.1. The van der Waals surface area contributed by atoms with Gasteiger partial charge in [-0.25, -0.2) is 0 Å². The van der Waals surface area contributed by atoms with Crippen molar-refractivity contribution in [3.8, 4) is 0 Å². The van der Waals surface area contributed by atoms with Crippen LogP contribution in [0.5, 0.6) is 0 Å². The summed E-state index contributed by atoms with van der Waals surface area (Å²) in [5, 5.41) is 0. The zero-order valence-electron chi connectivity index (χ0n) is 16.2. The summed E-state index contributed by atoms with van der Waals surface area (Å²) >= 11 is 0. The summed E-state index contributed by atoms with van der Waals surface area (Å²) in [7, 11) is 0. The van der Waals surface area contributed by atoms with Gasteiger partial charge in [-0.2, -0.15) is 0 Å². The largest absolute Gasteiger partial charge is 0.293 e. The fourth-order valence-corrected chi connectivity index (χ4v) is 5.39. The van der Waals surface area contributed by atoms with Crippen LogP contribution in [0.2, 0.25) is 0 Å². The molecule has 2 aromatic carbocycles. The molecule has 0 spiro atoms. The van der Waals surface area contributed by atoms with E-state index in [-0.39, 0.29) is 23.6 Å². The van der Waals surface area contributed by atoms with Crippen LogP contribution in [0.15, 0.2) is 60.8 Å². The number of nitrogens with one attached hydrogen (secondary N) is 1. The normalized spacial score (nSPS) is 29.6. The van der Waals surface area contributed by atoms with E-state index >= 15 is 0 Å². The van der Waals surface area contributed by atoms with Gasteiger partial charge in [-0.3, -0.25) is 24.2 Å². The molecule has 1 N–H and O–H groups in total. The van der Waals surface area contributed by atoms with Gasteiger partial charge in [-0.1, -0.05) is 54.6 Å². The number of quaternary nitrogens is 1. The Hall–Kier alpha value is -3.05. The molecule has 0 radical (unpaired) electrons. The third-order valence-corrected chi connectivity index (χ3v) is 6.62. The molecule has 0 aliphatic carbocycles. The fraction of sp³-hybridized carbons (Fsp3) is 0.292. The van der Waals surface area contributed by atoms with Gasteiger partial charge < -0.3 is 0 Å². The molecule has 2 aromatic rings. The van der Waals surface area contributed by atoms with Crippen molar-refractivity contribution in [3.63, 3.8) is 0 Å². The van der Waals surface area contributed by atoms with E-state index in [2.05, 4.69) is 0 Å². The number of ketones is 1. The Balaban J connectivity index is 1.50. The minimum atomic E-state index is -0.577. The van der Waals surface area contributed by atoms with Gasteiger partial charge in [0.15, 0.2) is 11.8 Å². The number of fused-ring (bicyclic) bond motifs is 5. The van der Waals surface area contributed by atoms with Crippen LogP contribution in [0.1, 0.15) is 29.7 Å². The number of likely N-dealkylation sites (tertiary alicyclic amines) is 1. The van der Waals surface area contributed by atoms with Crippen molar-refractivity contribution < 1.29 is 19.3 Å². The van der Waals surface area contributed by atoms with Crippen LogP contribution in [-0.2, 0) is 20.8 Å². The lowest BCUT2D eigenvalue weighted by Gasteiger charge is -2.30. The number of hydrogen-bond acceptors (Lipinski definition) is 3. The van der Waals surface area contributed by atoms with E-state index in [0.717, 1.165) is 21.6 Å². The second-order valence-electron chi connectivity index (χ2n) is 8.14. The average Bonchev–Trinajstić information content (AvgIpc) is 3.21. The SMILES string of the molecule is CC(=O)[C@@H]1[C@@H]2C(=O)N(CCc3ccccc3)C(=O)[C@@H]2[C@H]2c3ccccc3C=C[NH+]12. The molecule has 2 amide bonds. The lowest BCUT2D eigenvalue weighted by Crippen LogP contribution is -3.12. The molecule has 5 heteroatoms. The molecule has 146 valence electrons. The van der Waals surface area contributed by atoms with Gasteiger partial charge in [0, 0.05) is 19.0 Å². The number of imide groups is 1. The molecule has 0 aromatic heterocycles. The van der Waals surface area contributed by atoms with E-state index in [9.17, 15) is 14.4 Å². The first-order valence-electron chi connectivity index (χ1n) is 10.1. The fourth-order valence-electron chi connectivity index (χ4n) is 5.39. The van der Waals surface area contributed by atoms with Crippen LogP contribution in [0.3, 0.4) is 0 Å². The van der Waals surface area contributed by atoms with E-state index in [0.29, 0.717) is 13.0 Å². The highest BCUT2D eigenvalue weighted by atomic mass is 16.2. The first-order chi connectivity index (χ1) is 14.1. The molecule has 2 saturated heterocycles. The Kier molecular flexibility index (Phi) is 4.21. The maximum absolute atomic E-state index is 13.4. The maximum Gasteiger partial charge on any atom is 0.239 e. The van der Waals surface area contributed by atoms with Crippen molar-refractivity contribution in [2.24, 2.45) is 11.8 Å². The van der Waals surface area contributed by atoms with Gasteiger partial charge in [-0.05, 0) is 23.6 Å². The van der Waals surface area contributed by atoms with Crippen LogP contribution in [0, 0.1) is 11.8 Å². The summed E-state index contributed by atoms with van der Waals surface area (Å²) in [6.45, 7) is 1.90. The monoisotopic (exact) mass is 387 g/mol. The van der Waals surface area contributed by atoms with Gasteiger partial charge in [0.1, 0.15) is 17.9 Å². The van der Waals surface area contributed by atoms with Crippen LogP contribution in [-0.4, -0.2) is 35.1 Å². The van der Waals surface area contributed by atoms with E-state index in [1.807, 2.05) is 66.9 Å². The standard InChI is InChI=1S/C24H22N2O3/c1-15(27)21-19-20(22-18-10-6-5-9-17(18)12-14-25(21)22)24(29)26(23(19)28)13-11-16-7-3-2-4-8-16/h2-10,12,14,19-22H,11,13H2,1H3/p+1/t19-,20+,21-,22-/m1/s1. The molecule has 2 fully saturated rings. The van der Waals surface area contributed by atoms with Crippen LogP contribution < -0.4 is 4.90 Å². The molecule has 5 nitrogen and oxygen atoms in total. The van der Waals surface area contributed by atoms with Crippen molar-refractivity contribution in [1.29, 1.82) is 0 Å². The number of carbonyl (C=O) groups is 3. The number of hydrogen-bond donors (Lipinski definition) is 1. The minimum Gasteiger partial charge on any atom is -0.293 e. The van der Waals surface area contributed by atoms with Crippen molar-refractivity contribution in [3.05, 3.63) is 77.5 Å². The van der Waals surface area contributed by atoms with Crippen molar-refractivity contribution in [1.82, 2.24) is 4.90 Å². The number of carbonyl (C=O) groups excluding carboxylic acids is 3. The van der Waals surface area contributed by atoms with E-state index in [4.69, 9.17) is 0 Å². The molecule has 0 bridgehead atoms. The van der Waals surface area contributed by atoms with Crippen LogP contribution in [0.4, 0.5) is 0 Å². The van der Waals surface area contributed by atoms with Crippen molar-refractivity contribution >= 4 is 23.7 Å². The molecule has 5 rings (SSSR count). The smallest absolute Gasteiger partial charge is 0.239 e. The molecule has 0 saturated carbocycles. The maximum atomic E-state index is 13.4. The number of amides is 2. The van der Waals surface area contributed by atoms with Crippen molar-refractivity contribution in [2.75, 3.05) is 6.54 Å². The summed E-state index contributed by atoms with van der Waals surface area (Å²) in [6.07, 6.45) is 4.59. The number of Topliss-reactive ketones (excluding diaryl/α,β-unsaturated/α-hetero) is 1. The van der Waals surface area contributed by atoms with E-state index < -0.39 is 17.9 Å². The van der Waals surface area contributed by atoms with Crippen molar-refractivity contribution in [2.45, 2.75) is 25.4 Å². The summed E-state index contributed by atoms with van der Waals surface area (Å²) in [4.78, 5) is 41.6. The third kappa shape index (κ3) is 2.69. The summed E-state index contributed by atoms with van der Waals surface area (Å²) < 4.78 is 0. The van der Waals surface area contributed by atoms with Gasteiger partial charge in [0.25, 0.3) is 0 Å². The molecular formula is C24H23N2O3+. The summed E-state index contributed by atoms with van der Waals surface area (Å²) in [5.41, 5.74) is 3.20. The number of rotatable bonds is 4. The van der Waals surface area contributed by atoms with Crippen LogP contribution in [0.25, 0.3) is 6.08 Å². The average molecular weight is 387 g/mol. The van der Waals surface area contributed by atoms with Gasteiger partial charge in [0.05, 0.1) is 6.20 Å². The molecule has 3 heterocycles. The van der Waals surface area contributed by atoms with Gasteiger partial charge in [-0.15, -0.1) is 0 Å². The van der Waals surface area contributed by atoms with Crippen LogP contribution >= 0.6 is 0 Å². The Morgan fingerprint density at radius 3 is 2.41 bits per heavy atom. The molecule has 3 aliphatic rings. The molecule has 5 atom stereocenters. The Labute approximate surface area is 169 Å². The lowest BCUT2D eigenvalue weighted by molar-refractivity contribution is -0.884. The predicted molar refractivity (Wildman–Crippen MR) is 107 cm³/mol. The highest BCUT2D eigenvalue weighted by Crippen LogP contribution is 2.43. The highest BCUT2D eigenvalue weighted by molar-refractivity contribution is 6.08. The zero-order valence-corrected chi connectivity index (χ0v) is 16.2. The Morgan fingerprint density at radius 2 is 1.66 bits per heavy atom. The second kappa shape index (κ2) is 6.78. The molecule has 29 heavy (non-hydrogen) atoms. The number of nitrogens with zero attached hydrogens (tertiary/aromatic N) is 1. The van der Waals surface area contributed by atoms with E-state index in [1.54, 1.807) is 0 Å². The third-order valence-electron chi connectivity index (χ3n) is 6.62. The van der Waals surface area contributed by atoms with E-state index in [1.165, 1.54) is 11.8 Å². The zero-order chi connectivity index (χ0) is 20.1. The molecule has 1 unspecified atom stereocenters. The topological polar surface area (TPSA) is 58.9 Å². The Morgan fingerprint density at radius 1 is 0.966 bits per heavy atom. The first kappa shape index (κ1) is 18.0. The molecule has 3 aliphatic heterocycles. The lowest BCUT2D eigenvalue weighted by atomic mass is 9.84. The highest BCUT2D eigenvalue weighted by Gasteiger charge is 2.67. The first-order valence-corrected chi connectivity index (χ1v) is 10.1. The quantitative estimate of drug-likeness (QED) is 0.807. The Bertz CT molecular complexity index is 1030.